The molecule has 170 valence electrons. The molecule has 0 aromatic carbocycles. The van der Waals surface area contributed by atoms with Crippen molar-refractivity contribution in [3.63, 3.8) is 0 Å². The molecular weight excluding hydrogens is 364 g/mol. The Bertz CT molecular complexity index is 487. The van der Waals surface area contributed by atoms with Crippen molar-refractivity contribution < 1.29 is 19.7 Å². The number of unbranched alkanes of at least 4 members (excludes halogenated alkanes) is 4. The molecule has 29 heavy (non-hydrogen) atoms. The smallest absolute Gasteiger partial charge is 0.305 e. The first-order valence-electron chi connectivity index (χ1n) is 12.1. The fourth-order valence-electron chi connectivity index (χ4n) is 4.58. The predicted molar refractivity (Wildman–Crippen MR) is 120 cm³/mol. The lowest BCUT2D eigenvalue weighted by Crippen LogP contribution is -2.35. The maximum absolute atomic E-state index is 11.4. The summed E-state index contributed by atoms with van der Waals surface area (Å²) in [7, 11) is 0. The van der Waals surface area contributed by atoms with Gasteiger partial charge in [0.2, 0.25) is 0 Å². The highest BCUT2D eigenvalue weighted by atomic mass is 16.5. The van der Waals surface area contributed by atoms with Gasteiger partial charge in [-0.05, 0) is 57.8 Å². The second kappa shape index (κ2) is 14.2. The lowest BCUT2D eigenvalue weighted by molar-refractivity contribution is -0.143. The molecule has 1 saturated carbocycles. The second-order valence-electron chi connectivity index (χ2n) is 8.95. The zero-order valence-corrected chi connectivity index (χ0v) is 19.4. The SMILES string of the molecule is CCCCC(C)C(O)(CC)CC=C1CC[C@@H](O)[C@@H]1CCCCCCC(=O)OCC. The van der Waals surface area contributed by atoms with E-state index in [1.54, 1.807) is 0 Å². The number of hydrogen-bond donors (Lipinski definition) is 2. The molecule has 0 saturated heterocycles. The van der Waals surface area contributed by atoms with E-state index in [9.17, 15) is 15.0 Å². The van der Waals surface area contributed by atoms with Gasteiger partial charge in [0.05, 0.1) is 18.3 Å². The summed E-state index contributed by atoms with van der Waals surface area (Å²) < 4.78 is 4.96. The summed E-state index contributed by atoms with van der Waals surface area (Å²) in [5, 5.41) is 21.6. The van der Waals surface area contributed by atoms with Gasteiger partial charge in [-0.2, -0.15) is 0 Å². The molecule has 4 atom stereocenters. The van der Waals surface area contributed by atoms with E-state index in [2.05, 4.69) is 26.8 Å². The third-order valence-electron chi connectivity index (χ3n) is 6.86. The Balaban J connectivity index is 2.47. The molecule has 4 heteroatoms. The number of aliphatic hydroxyl groups excluding tert-OH is 1. The molecule has 2 N–H and O–H groups in total. The molecule has 1 aliphatic carbocycles. The van der Waals surface area contributed by atoms with Gasteiger partial charge in [-0.25, -0.2) is 0 Å². The molecule has 0 aliphatic heterocycles. The minimum absolute atomic E-state index is 0.0967. The Morgan fingerprint density at radius 2 is 1.93 bits per heavy atom. The summed E-state index contributed by atoms with van der Waals surface area (Å²) >= 11 is 0. The fraction of sp³-hybridized carbons (Fsp3) is 0.880. The lowest BCUT2D eigenvalue weighted by atomic mass is 9.79. The molecule has 1 aliphatic rings. The molecular formula is C25H46O4. The quantitative estimate of drug-likeness (QED) is 0.199. The highest BCUT2D eigenvalue weighted by molar-refractivity contribution is 5.69. The normalized spacial score (nSPS) is 23.9. The summed E-state index contributed by atoms with van der Waals surface area (Å²) in [6.45, 7) is 8.75. The lowest BCUT2D eigenvalue weighted by Gasteiger charge is -2.33. The van der Waals surface area contributed by atoms with Crippen LogP contribution in [0, 0.1) is 11.8 Å². The van der Waals surface area contributed by atoms with Crippen LogP contribution in [0.2, 0.25) is 0 Å². The highest BCUT2D eigenvalue weighted by Crippen LogP contribution is 2.38. The van der Waals surface area contributed by atoms with E-state index in [4.69, 9.17) is 4.74 Å². The molecule has 0 aromatic rings. The van der Waals surface area contributed by atoms with Crippen LogP contribution < -0.4 is 0 Å². The van der Waals surface area contributed by atoms with Gasteiger partial charge < -0.3 is 14.9 Å². The van der Waals surface area contributed by atoms with Gasteiger partial charge in [0, 0.05) is 12.3 Å². The third-order valence-corrected chi connectivity index (χ3v) is 6.86. The molecule has 2 unspecified atom stereocenters. The Morgan fingerprint density at radius 3 is 2.59 bits per heavy atom. The van der Waals surface area contributed by atoms with Gasteiger partial charge in [0.25, 0.3) is 0 Å². The largest absolute Gasteiger partial charge is 0.466 e. The minimum atomic E-state index is -0.632. The van der Waals surface area contributed by atoms with E-state index in [0.717, 1.165) is 64.2 Å². The van der Waals surface area contributed by atoms with E-state index in [0.29, 0.717) is 25.4 Å². The summed E-state index contributed by atoms with van der Waals surface area (Å²) in [6.07, 6.45) is 14.3. The summed E-state index contributed by atoms with van der Waals surface area (Å²) in [5.74, 6) is 0.445. The molecule has 1 fully saturated rings. The Kier molecular flexibility index (Phi) is 12.8. The van der Waals surface area contributed by atoms with Gasteiger partial charge in [0.1, 0.15) is 0 Å². The summed E-state index contributed by atoms with van der Waals surface area (Å²) in [4.78, 5) is 11.4. The van der Waals surface area contributed by atoms with Crippen molar-refractivity contribution in [2.45, 2.75) is 123 Å². The summed E-state index contributed by atoms with van der Waals surface area (Å²) in [5.41, 5.74) is 0.714. The molecule has 4 nitrogen and oxygen atoms in total. The van der Waals surface area contributed by atoms with E-state index < -0.39 is 5.60 Å². The van der Waals surface area contributed by atoms with E-state index in [-0.39, 0.29) is 18.0 Å². The van der Waals surface area contributed by atoms with Crippen LogP contribution in [0.15, 0.2) is 11.6 Å². The van der Waals surface area contributed by atoms with Gasteiger partial charge in [-0.3, -0.25) is 4.79 Å². The zero-order valence-electron chi connectivity index (χ0n) is 19.4. The average Bonchev–Trinajstić information content (AvgIpc) is 3.06. The number of rotatable bonds is 15. The van der Waals surface area contributed by atoms with Crippen LogP contribution in [0.1, 0.15) is 111 Å². The number of hydrogen-bond acceptors (Lipinski definition) is 4. The van der Waals surface area contributed by atoms with Crippen LogP contribution in [0.4, 0.5) is 0 Å². The minimum Gasteiger partial charge on any atom is -0.466 e. The van der Waals surface area contributed by atoms with Crippen LogP contribution in [0.25, 0.3) is 0 Å². The van der Waals surface area contributed by atoms with Gasteiger partial charge >= 0.3 is 5.97 Å². The molecule has 0 heterocycles. The summed E-state index contributed by atoms with van der Waals surface area (Å²) in [6, 6.07) is 0. The van der Waals surface area contributed by atoms with Crippen LogP contribution in [0.5, 0.6) is 0 Å². The number of carbonyl (C=O) groups excluding carboxylic acids is 1. The highest BCUT2D eigenvalue weighted by Gasteiger charge is 2.33. The first-order chi connectivity index (χ1) is 13.9. The van der Waals surface area contributed by atoms with E-state index in [1.165, 1.54) is 12.0 Å². The Morgan fingerprint density at radius 1 is 1.21 bits per heavy atom. The first-order valence-corrected chi connectivity index (χ1v) is 12.1. The van der Waals surface area contributed by atoms with Crippen molar-refractivity contribution in [2.75, 3.05) is 6.61 Å². The number of ether oxygens (including phenoxy) is 1. The number of esters is 1. The van der Waals surface area contributed by atoms with Crippen molar-refractivity contribution in [3.05, 3.63) is 11.6 Å². The zero-order chi connectivity index (χ0) is 21.7. The number of carbonyl (C=O) groups is 1. The van der Waals surface area contributed by atoms with Crippen molar-refractivity contribution in [1.29, 1.82) is 0 Å². The maximum atomic E-state index is 11.4. The van der Waals surface area contributed by atoms with Gasteiger partial charge in [0.15, 0.2) is 0 Å². The van der Waals surface area contributed by atoms with E-state index in [1.807, 2.05) is 6.92 Å². The molecule has 0 radical (unpaired) electrons. The monoisotopic (exact) mass is 410 g/mol. The van der Waals surface area contributed by atoms with Crippen molar-refractivity contribution in [1.82, 2.24) is 0 Å². The van der Waals surface area contributed by atoms with Crippen LogP contribution >= 0.6 is 0 Å². The first kappa shape index (κ1) is 26.2. The molecule has 0 spiro atoms. The second-order valence-corrected chi connectivity index (χ2v) is 8.95. The van der Waals surface area contributed by atoms with Crippen molar-refractivity contribution in [2.24, 2.45) is 11.8 Å². The van der Waals surface area contributed by atoms with Gasteiger partial charge in [-0.15, -0.1) is 0 Å². The topological polar surface area (TPSA) is 66.8 Å². The van der Waals surface area contributed by atoms with Crippen LogP contribution in [-0.2, 0) is 9.53 Å². The maximum Gasteiger partial charge on any atom is 0.305 e. The van der Waals surface area contributed by atoms with Gasteiger partial charge in [-0.1, -0.05) is 64.5 Å². The van der Waals surface area contributed by atoms with Crippen molar-refractivity contribution >= 4 is 5.97 Å². The predicted octanol–water partition coefficient (Wildman–Crippen LogP) is 5.94. The number of aliphatic hydroxyl groups is 2. The molecule has 0 bridgehead atoms. The molecule has 0 aromatic heterocycles. The standard InChI is InChI=1S/C25H46O4/c1-5-8-13-20(4)25(28,6-2)19-18-21-16-17-23(26)22(21)14-11-9-10-12-15-24(27)29-7-3/h18,20,22-23,26,28H,5-17,19H2,1-4H3/t20?,22-,23-,25?/m1/s1. The van der Waals surface area contributed by atoms with E-state index >= 15 is 0 Å². The van der Waals surface area contributed by atoms with Crippen molar-refractivity contribution in [3.8, 4) is 0 Å². The average molecular weight is 411 g/mol. The molecule has 1 rings (SSSR count). The third kappa shape index (κ3) is 9.21. The van der Waals surface area contributed by atoms with Crippen LogP contribution in [-0.4, -0.2) is 34.5 Å². The fourth-order valence-corrected chi connectivity index (χ4v) is 4.58. The Labute approximate surface area is 179 Å². The van der Waals surface area contributed by atoms with Crippen LogP contribution in [0.3, 0.4) is 0 Å². The Hall–Kier alpha value is -0.870. The molecule has 0 amide bonds.